The molecule has 178 valence electrons. The van der Waals surface area contributed by atoms with Crippen molar-refractivity contribution in [3.8, 4) is 5.75 Å². The Balaban J connectivity index is 1.63. The molecule has 0 saturated carbocycles. The number of fused-ring (bicyclic) bond motifs is 2. The highest BCUT2D eigenvalue weighted by atomic mass is 32.2. The third kappa shape index (κ3) is 4.16. The SMILES string of the molecule is CC(=O)NC1=NN(C(C)=O)C2(S1)C(=O)N(CCCOc1ccc(C)cc1)c1c(C)cc(C)cc12. The monoisotopic (exact) mass is 480 g/mol. The number of amides is 3. The molecule has 8 nitrogen and oxygen atoms in total. The van der Waals surface area contributed by atoms with E-state index < -0.39 is 4.87 Å². The summed E-state index contributed by atoms with van der Waals surface area (Å²) < 4.78 is 5.85. The number of nitrogens with one attached hydrogen (secondary N) is 1. The Morgan fingerprint density at radius 1 is 1.09 bits per heavy atom. The molecule has 1 unspecified atom stereocenters. The molecule has 2 aromatic rings. The van der Waals surface area contributed by atoms with Crippen LogP contribution in [0.2, 0.25) is 0 Å². The predicted octanol–water partition coefficient (Wildman–Crippen LogP) is 3.58. The second kappa shape index (κ2) is 9.13. The Morgan fingerprint density at radius 3 is 2.44 bits per heavy atom. The van der Waals surface area contributed by atoms with Crippen LogP contribution in [0.25, 0.3) is 0 Å². The number of rotatable bonds is 5. The van der Waals surface area contributed by atoms with Crippen LogP contribution in [0.4, 0.5) is 5.69 Å². The van der Waals surface area contributed by atoms with E-state index in [4.69, 9.17) is 4.74 Å². The quantitative estimate of drug-likeness (QED) is 0.661. The Hall–Kier alpha value is -3.33. The van der Waals surface area contributed by atoms with Crippen LogP contribution < -0.4 is 15.0 Å². The lowest BCUT2D eigenvalue weighted by Crippen LogP contribution is -2.48. The first-order valence-electron chi connectivity index (χ1n) is 11.1. The Labute approximate surface area is 203 Å². The van der Waals surface area contributed by atoms with E-state index in [-0.39, 0.29) is 22.9 Å². The predicted molar refractivity (Wildman–Crippen MR) is 133 cm³/mol. The molecule has 0 aliphatic carbocycles. The van der Waals surface area contributed by atoms with Gasteiger partial charge in [-0.15, -0.1) is 5.10 Å². The van der Waals surface area contributed by atoms with Crippen molar-refractivity contribution < 1.29 is 19.1 Å². The molecule has 1 spiro atoms. The lowest BCUT2D eigenvalue weighted by Gasteiger charge is -2.29. The number of ether oxygens (including phenoxy) is 1. The first-order chi connectivity index (χ1) is 16.1. The van der Waals surface area contributed by atoms with Crippen molar-refractivity contribution in [1.29, 1.82) is 0 Å². The topological polar surface area (TPSA) is 91.3 Å². The largest absolute Gasteiger partial charge is 0.494 e. The number of hydrogen-bond acceptors (Lipinski definition) is 6. The zero-order valence-corrected chi connectivity index (χ0v) is 20.8. The number of hydrazone groups is 1. The number of aryl methyl sites for hydroxylation is 3. The van der Waals surface area contributed by atoms with Gasteiger partial charge in [-0.3, -0.25) is 14.4 Å². The van der Waals surface area contributed by atoms with Gasteiger partial charge in [-0.25, -0.2) is 0 Å². The normalized spacial score (nSPS) is 18.9. The smallest absolute Gasteiger partial charge is 0.270 e. The van der Waals surface area contributed by atoms with E-state index in [1.807, 2.05) is 57.2 Å². The van der Waals surface area contributed by atoms with E-state index in [9.17, 15) is 14.4 Å². The summed E-state index contributed by atoms with van der Waals surface area (Å²) in [7, 11) is 0. The highest BCUT2D eigenvalue weighted by Crippen LogP contribution is 2.55. The molecule has 1 N–H and O–H groups in total. The maximum atomic E-state index is 14.0. The van der Waals surface area contributed by atoms with Gasteiger partial charge in [0.15, 0.2) is 5.17 Å². The molecule has 2 aromatic carbocycles. The summed E-state index contributed by atoms with van der Waals surface area (Å²) in [5, 5.41) is 8.37. The van der Waals surface area contributed by atoms with Crippen molar-refractivity contribution >= 4 is 40.3 Å². The highest BCUT2D eigenvalue weighted by Gasteiger charge is 2.61. The van der Waals surface area contributed by atoms with Crippen LogP contribution in [0, 0.1) is 20.8 Å². The number of nitrogens with zero attached hydrogens (tertiary/aromatic N) is 3. The molecule has 34 heavy (non-hydrogen) atoms. The van der Waals surface area contributed by atoms with Crippen molar-refractivity contribution in [3.05, 3.63) is 58.7 Å². The van der Waals surface area contributed by atoms with Crippen LogP contribution in [-0.4, -0.2) is 41.0 Å². The van der Waals surface area contributed by atoms with Crippen LogP contribution in [0.5, 0.6) is 5.75 Å². The van der Waals surface area contributed by atoms with Gasteiger partial charge in [-0.05, 0) is 56.7 Å². The molecule has 0 radical (unpaired) electrons. The minimum atomic E-state index is -1.38. The molecular formula is C25H28N4O4S. The third-order valence-corrected chi connectivity index (χ3v) is 6.99. The average molecular weight is 481 g/mol. The van der Waals surface area contributed by atoms with E-state index in [2.05, 4.69) is 10.4 Å². The van der Waals surface area contributed by atoms with E-state index in [0.29, 0.717) is 25.1 Å². The van der Waals surface area contributed by atoms with Crippen molar-refractivity contribution in [3.63, 3.8) is 0 Å². The number of hydrogen-bond donors (Lipinski definition) is 1. The van der Waals surface area contributed by atoms with Gasteiger partial charge in [0.05, 0.1) is 12.3 Å². The average Bonchev–Trinajstić information content (AvgIpc) is 3.24. The van der Waals surface area contributed by atoms with Crippen LogP contribution in [-0.2, 0) is 19.3 Å². The molecule has 2 heterocycles. The molecule has 2 aliphatic heterocycles. The van der Waals surface area contributed by atoms with E-state index in [0.717, 1.165) is 39.9 Å². The number of carbonyl (C=O) groups excluding carboxylic acids is 3. The molecule has 0 fully saturated rings. The summed E-state index contributed by atoms with van der Waals surface area (Å²) in [6, 6.07) is 11.8. The van der Waals surface area contributed by atoms with Crippen molar-refractivity contribution in [2.45, 2.75) is 45.9 Å². The van der Waals surface area contributed by atoms with Crippen LogP contribution in [0.1, 0.15) is 42.5 Å². The lowest BCUT2D eigenvalue weighted by molar-refractivity contribution is -0.139. The van der Waals surface area contributed by atoms with Crippen LogP contribution in [0.3, 0.4) is 0 Å². The van der Waals surface area contributed by atoms with E-state index >= 15 is 0 Å². The molecule has 0 saturated heterocycles. The Kier molecular flexibility index (Phi) is 6.40. The summed E-state index contributed by atoms with van der Waals surface area (Å²) in [5.41, 5.74) is 4.57. The van der Waals surface area contributed by atoms with Crippen molar-refractivity contribution in [1.82, 2.24) is 10.3 Å². The van der Waals surface area contributed by atoms with Crippen molar-refractivity contribution in [2.75, 3.05) is 18.1 Å². The van der Waals surface area contributed by atoms with Crippen molar-refractivity contribution in [2.24, 2.45) is 5.10 Å². The number of benzene rings is 2. The second-order valence-electron chi connectivity index (χ2n) is 8.61. The zero-order valence-electron chi connectivity index (χ0n) is 20.0. The molecule has 0 aromatic heterocycles. The van der Waals surface area contributed by atoms with Crippen LogP contribution in [0.15, 0.2) is 41.5 Å². The molecular weight excluding hydrogens is 452 g/mol. The third-order valence-electron chi connectivity index (χ3n) is 5.75. The van der Waals surface area contributed by atoms with Gasteiger partial charge < -0.3 is 15.0 Å². The maximum absolute atomic E-state index is 14.0. The van der Waals surface area contributed by atoms with Gasteiger partial charge in [-0.1, -0.05) is 35.4 Å². The van der Waals surface area contributed by atoms with Crippen LogP contribution >= 0.6 is 11.8 Å². The molecule has 3 amide bonds. The molecule has 0 bridgehead atoms. The molecule has 2 aliphatic rings. The highest BCUT2D eigenvalue weighted by molar-refractivity contribution is 8.15. The van der Waals surface area contributed by atoms with Gasteiger partial charge in [-0.2, -0.15) is 5.01 Å². The molecule has 9 heteroatoms. The van der Waals surface area contributed by atoms with E-state index in [1.165, 1.54) is 18.9 Å². The summed E-state index contributed by atoms with van der Waals surface area (Å²) in [6.07, 6.45) is 0.604. The minimum absolute atomic E-state index is 0.228. The minimum Gasteiger partial charge on any atom is -0.494 e. The van der Waals surface area contributed by atoms with Gasteiger partial charge in [0.25, 0.3) is 5.91 Å². The summed E-state index contributed by atoms with van der Waals surface area (Å²) in [6.45, 7) is 9.54. The molecule has 4 rings (SSSR count). The second-order valence-corrected chi connectivity index (χ2v) is 9.79. The number of amidine groups is 1. The fourth-order valence-corrected chi connectivity index (χ4v) is 5.71. The molecule has 1 atom stereocenters. The first-order valence-corrected chi connectivity index (χ1v) is 11.9. The number of carbonyl (C=O) groups is 3. The van der Waals surface area contributed by atoms with Gasteiger partial charge >= 0.3 is 0 Å². The standard InChI is InChI=1S/C25H28N4O4S/c1-15-7-9-20(10-8-15)33-12-6-11-28-22-17(3)13-16(2)14-21(22)25(23(28)32)29(19(5)31)27-24(34-25)26-18(4)30/h7-10,13-14H,6,11-12H2,1-5H3,(H,26,27,30). The van der Waals surface area contributed by atoms with Gasteiger partial charge in [0.1, 0.15) is 5.75 Å². The first kappa shape index (κ1) is 23.8. The summed E-state index contributed by atoms with van der Waals surface area (Å²) in [4.78, 5) is 38.6. The van der Waals surface area contributed by atoms with Gasteiger partial charge in [0.2, 0.25) is 16.7 Å². The fraction of sp³-hybridized carbons (Fsp3) is 0.360. The fourth-order valence-electron chi connectivity index (χ4n) is 4.40. The maximum Gasteiger partial charge on any atom is 0.270 e. The Bertz CT molecular complexity index is 1190. The summed E-state index contributed by atoms with van der Waals surface area (Å²) >= 11 is 1.10. The lowest BCUT2D eigenvalue weighted by atomic mass is 10.0. The zero-order chi connectivity index (χ0) is 24.6. The van der Waals surface area contributed by atoms with Gasteiger partial charge in [0, 0.05) is 26.0 Å². The summed E-state index contributed by atoms with van der Waals surface area (Å²) in [5.74, 6) is -0.167. The Morgan fingerprint density at radius 2 is 1.79 bits per heavy atom. The number of anilines is 1. The van der Waals surface area contributed by atoms with E-state index in [1.54, 1.807) is 4.90 Å². The number of thioether (sulfide) groups is 1.